The number of fused-ring (bicyclic) bond motifs is 2. The summed E-state index contributed by atoms with van der Waals surface area (Å²) in [5, 5.41) is 1.71. The van der Waals surface area contributed by atoms with Gasteiger partial charge in [-0.15, -0.1) is 22.7 Å². The molecule has 0 spiro atoms. The number of anilines is 1. The van der Waals surface area contributed by atoms with Crippen LogP contribution in [0.25, 0.3) is 20.8 Å². The van der Waals surface area contributed by atoms with Crippen molar-refractivity contribution in [1.82, 2.24) is 9.88 Å². The summed E-state index contributed by atoms with van der Waals surface area (Å²) in [6.45, 7) is 9.79. The van der Waals surface area contributed by atoms with Crippen LogP contribution in [0.3, 0.4) is 0 Å². The molecule has 0 saturated carbocycles. The normalized spacial score (nSPS) is 19.4. The van der Waals surface area contributed by atoms with Crippen molar-refractivity contribution >= 4 is 59.9 Å². The molecule has 4 rings (SSSR count). The number of halogens is 1. The predicted octanol–water partition coefficient (Wildman–Crippen LogP) is 6.61. The Morgan fingerprint density at radius 2 is 2.03 bits per heavy atom. The minimum absolute atomic E-state index is 0.0172. The van der Waals surface area contributed by atoms with Crippen molar-refractivity contribution in [3.8, 4) is 10.6 Å². The molecule has 0 radical (unpaired) electrons. The van der Waals surface area contributed by atoms with Gasteiger partial charge in [0, 0.05) is 21.0 Å². The van der Waals surface area contributed by atoms with Crippen LogP contribution in [0.15, 0.2) is 22.7 Å². The fourth-order valence-electron chi connectivity index (χ4n) is 3.84. The monoisotopic (exact) mass is 493 g/mol. The summed E-state index contributed by atoms with van der Waals surface area (Å²) in [5.41, 5.74) is 9.17. The summed E-state index contributed by atoms with van der Waals surface area (Å²) >= 11 is 6.74. The number of aromatic nitrogens is 1. The predicted molar refractivity (Wildman–Crippen MR) is 125 cm³/mol. The van der Waals surface area contributed by atoms with Crippen molar-refractivity contribution in [2.45, 2.75) is 58.7 Å². The first-order valence-corrected chi connectivity index (χ1v) is 12.0. The molecule has 1 aliphatic heterocycles. The van der Waals surface area contributed by atoms with Crippen molar-refractivity contribution in [1.29, 1.82) is 0 Å². The topological polar surface area (TPSA) is 68.5 Å². The quantitative estimate of drug-likeness (QED) is 0.413. The van der Waals surface area contributed by atoms with Crippen LogP contribution in [-0.2, 0) is 11.2 Å². The molecule has 1 aliphatic rings. The second-order valence-corrected chi connectivity index (χ2v) is 11.5. The van der Waals surface area contributed by atoms with Crippen LogP contribution in [0.2, 0.25) is 0 Å². The lowest BCUT2D eigenvalue weighted by Crippen LogP contribution is -2.46. The van der Waals surface area contributed by atoms with Gasteiger partial charge < -0.3 is 10.5 Å². The fraction of sp³-hybridized carbons (Fsp3) is 0.429. The van der Waals surface area contributed by atoms with E-state index in [4.69, 9.17) is 15.5 Å². The van der Waals surface area contributed by atoms with Crippen molar-refractivity contribution in [2.24, 2.45) is 0 Å². The average Bonchev–Trinajstić information content (AvgIpc) is 3.12. The smallest absolute Gasteiger partial charge is 0.411 e. The molecule has 5 nitrogen and oxygen atoms in total. The maximum absolute atomic E-state index is 12.8. The van der Waals surface area contributed by atoms with Crippen LogP contribution in [0.5, 0.6) is 0 Å². The van der Waals surface area contributed by atoms with Crippen molar-refractivity contribution < 1.29 is 9.53 Å². The number of carbonyl (C=O) groups is 1. The van der Waals surface area contributed by atoms with E-state index in [9.17, 15) is 4.79 Å². The van der Waals surface area contributed by atoms with Crippen LogP contribution in [0.1, 0.15) is 51.1 Å². The van der Waals surface area contributed by atoms with Gasteiger partial charge in [0.05, 0.1) is 21.3 Å². The highest BCUT2D eigenvalue weighted by Crippen LogP contribution is 2.48. The largest absolute Gasteiger partial charge is 0.444 e. The lowest BCUT2D eigenvalue weighted by atomic mass is 9.93. The molecule has 3 heterocycles. The zero-order chi connectivity index (χ0) is 21.1. The molecule has 2 atom stereocenters. The van der Waals surface area contributed by atoms with Gasteiger partial charge in [0.15, 0.2) is 0 Å². The first kappa shape index (κ1) is 20.6. The molecule has 0 fully saturated rings. The van der Waals surface area contributed by atoms with Crippen molar-refractivity contribution in [3.63, 3.8) is 0 Å². The van der Waals surface area contributed by atoms with Gasteiger partial charge >= 0.3 is 6.09 Å². The summed E-state index contributed by atoms with van der Waals surface area (Å²) in [4.78, 5) is 20.6. The number of carbonyl (C=O) groups excluding carboxylic acids is 1. The molecule has 29 heavy (non-hydrogen) atoms. The van der Waals surface area contributed by atoms with Crippen LogP contribution < -0.4 is 5.73 Å². The molecule has 0 aliphatic carbocycles. The molecular weight excluding hydrogens is 470 g/mol. The van der Waals surface area contributed by atoms with Gasteiger partial charge in [0.1, 0.15) is 10.6 Å². The molecule has 3 aromatic rings. The van der Waals surface area contributed by atoms with E-state index in [-0.39, 0.29) is 18.2 Å². The van der Waals surface area contributed by atoms with Crippen molar-refractivity contribution in [3.05, 3.63) is 33.1 Å². The minimum atomic E-state index is -0.522. The minimum Gasteiger partial charge on any atom is -0.444 e. The van der Waals surface area contributed by atoms with Gasteiger partial charge in [0.25, 0.3) is 0 Å². The number of ether oxygens (including phenoxy) is 1. The lowest BCUT2D eigenvalue weighted by Gasteiger charge is -2.39. The van der Waals surface area contributed by atoms with E-state index in [0.717, 1.165) is 41.6 Å². The van der Waals surface area contributed by atoms with Crippen LogP contribution in [0.4, 0.5) is 9.80 Å². The van der Waals surface area contributed by atoms with Gasteiger partial charge in [-0.2, -0.15) is 0 Å². The van der Waals surface area contributed by atoms with E-state index in [2.05, 4.69) is 28.9 Å². The van der Waals surface area contributed by atoms with E-state index >= 15 is 0 Å². The number of hydrogen-bond acceptors (Lipinski definition) is 6. The summed E-state index contributed by atoms with van der Waals surface area (Å²) < 4.78 is 7.82. The Hall–Kier alpha value is -1.64. The number of nitrogens with two attached hydrogens (primary N) is 1. The third-order valence-corrected chi connectivity index (χ3v) is 7.77. The second-order valence-electron chi connectivity index (χ2n) is 8.43. The summed E-state index contributed by atoms with van der Waals surface area (Å²) in [7, 11) is 0. The first-order valence-electron chi connectivity index (χ1n) is 9.54. The van der Waals surface area contributed by atoms with Gasteiger partial charge in [-0.05, 0) is 64.8 Å². The van der Waals surface area contributed by atoms with E-state index < -0.39 is 5.60 Å². The highest BCUT2D eigenvalue weighted by molar-refractivity contribution is 9.10. The molecule has 154 valence electrons. The third-order valence-electron chi connectivity index (χ3n) is 5.01. The number of hydrogen-bond donors (Lipinski definition) is 1. The maximum atomic E-state index is 12.8. The Morgan fingerprint density at radius 3 is 2.72 bits per heavy atom. The Balaban J connectivity index is 1.75. The summed E-state index contributed by atoms with van der Waals surface area (Å²) in [6, 6.07) is 6.03. The summed E-state index contributed by atoms with van der Waals surface area (Å²) in [6.07, 6.45) is 0.461. The number of nitrogen functional groups attached to an aromatic ring is 1. The standard InChI is InChI=1S/C21H24BrN3O2S2/c1-10-8-13-16(19-24-14-7-6-12(22)9-15(14)28-19)18(23)29-17(13)11(2)25(10)20(26)27-21(3,4)5/h6-7,9-11H,8,23H2,1-5H3. The SMILES string of the molecule is CC1Cc2c(sc(N)c2-c2nc3ccc(Br)cc3s2)C(C)N1C(=O)OC(C)(C)C. The van der Waals surface area contributed by atoms with Crippen LogP contribution >= 0.6 is 38.6 Å². The van der Waals surface area contributed by atoms with Gasteiger partial charge in [-0.1, -0.05) is 15.9 Å². The molecule has 1 aromatic carbocycles. The van der Waals surface area contributed by atoms with Crippen LogP contribution in [0, 0.1) is 0 Å². The zero-order valence-electron chi connectivity index (χ0n) is 17.1. The molecule has 8 heteroatoms. The molecule has 0 bridgehead atoms. The van der Waals surface area contributed by atoms with Crippen molar-refractivity contribution in [2.75, 3.05) is 5.73 Å². The number of rotatable bonds is 1. The Bertz CT molecular complexity index is 1100. The number of thiazole rings is 1. The molecule has 2 aromatic heterocycles. The van der Waals surface area contributed by atoms with E-state index in [1.54, 1.807) is 22.7 Å². The fourth-order valence-corrected chi connectivity index (χ4v) is 6.66. The number of benzene rings is 1. The molecule has 1 amide bonds. The number of thiophene rings is 1. The Kier molecular flexibility index (Phi) is 5.16. The van der Waals surface area contributed by atoms with Gasteiger partial charge in [-0.25, -0.2) is 9.78 Å². The number of nitrogens with zero attached hydrogens (tertiary/aromatic N) is 2. The van der Waals surface area contributed by atoms with Crippen LogP contribution in [-0.4, -0.2) is 27.6 Å². The van der Waals surface area contributed by atoms with E-state index in [0.29, 0.717) is 0 Å². The average molecular weight is 494 g/mol. The number of amides is 1. The molecule has 0 saturated heterocycles. The Morgan fingerprint density at radius 1 is 1.31 bits per heavy atom. The van der Waals surface area contributed by atoms with Gasteiger partial charge in [-0.3, -0.25) is 4.90 Å². The van der Waals surface area contributed by atoms with E-state index in [1.165, 1.54) is 5.56 Å². The van der Waals surface area contributed by atoms with Gasteiger partial charge in [0.2, 0.25) is 0 Å². The Labute approximate surface area is 187 Å². The zero-order valence-corrected chi connectivity index (χ0v) is 20.3. The van der Waals surface area contributed by atoms with E-state index in [1.807, 2.05) is 44.7 Å². The summed E-state index contributed by atoms with van der Waals surface area (Å²) in [5.74, 6) is 0. The highest BCUT2D eigenvalue weighted by atomic mass is 79.9. The molecule has 2 N–H and O–H groups in total. The third kappa shape index (κ3) is 3.78. The molecule has 2 unspecified atom stereocenters. The highest BCUT2D eigenvalue weighted by Gasteiger charge is 2.39. The first-order chi connectivity index (χ1) is 13.5. The second kappa shape index (κ2) is 7.25. The molecular formula is C21H24BrN3O2S2. The maximum Gasteiger partial charge on any atom is 0.411 e. The lowest BCUT2D eigenvalue weighted by molar-refractivity contribution is 0.00638.